The average molecular weight is 737 g/mol. The molecule has 2 atom stereocenters. The Hall–Kier alpha value is 0.737. The molecule has 0 fully saturated rings. The van der Waals surface area contributed by atoms with Gasteiger partial charge in [0.05, 0.1) is 5.92 Å². The summed E-state index contributed by atoms with van der Waals surface area (Å²) in [7, 11) is 0. The average Bonchev–Trinajstić information content (AvgIpc) is 2.90. The molecule has 0 spiro atoms. The molecule has 0 saturated heterocycles. The van der Waals surface area contributed by atoms with Gasteiger partial charge in [0.15, 0.2) is 0 Å². The summed E-state index contributed by atoms with van der Waals surface area (Å²) < 4.78 is 6.66. The SMILES string of the molecule is CCCCC(CC)C(=O)O.CCCCC(CC)[C](=O)[Sn]([CH2]CCC)[CH2]CCC.CCC[CH2][Sn][CH2]CCC. The van der Waals surface area contributed by atoms with Crippen molar-refractivity contribution in [1.29, 1.82) is 0 Å². The standard InChI is InChI=1S/C8H16O2.C8H15O.4C4H9.2Sn/c1-3-5-6-7(4-2)8(9)10;1-3-5-6-8(4-2)7-9;4*1-3-4-2;;/h7H,3-6H2,1-2H3,(H,9,10);8H,3-6H2,1-2H3;4*1,3-4H2,2H3;;. The van der Waals surface area contributed by atoms with Crippen molar-refractivity contribution in [3.8, 4) is 0 Å². The van der Waals surface area contributed by atoms with E-state index in [-0.39, 0.29) is 27.1 Å². The van der Waals surface area contributed by atoms with Gasteiger partial charge in [-0.2, -0.15) is 0 Å². The van der Waals surface area contributed by atoms with Gasteiger partial charge in [0, 0.05) is 0 Å². The second-order valence-electron chi connectivity index (χ2n) is 10.5. The van der Waals surface area contributed by atoms with Crippen LogP contribution in [0.2, 0.25) is 17.7 Å². The zero-order chi connectivity index (χ0) is 28.7. The predicted octanol–water partition coefficient (Wildman–Crippen LogP) is 10.8. The Labute approximate surface area is 251 Å². The molecule has 3 nitrogen and oxygen atoms in total. The Morgan fingerprint density at radius 2 is 0.973 bits per heavy atom. The van der Waals surface area contributed by atoms with Crippen molar-refractivity contribution < 1.29 is 14.7 Å². The molecule has 0 aliphatic heterocycles. The molecular formula is C32H67O3Sn2. The molecule has 5 heteroatoms. The van der Waals surface area contributed by atoms with Gasteiger partial charge in [0.1, 0.15) is 0 Å². The Kier molecular flexibility index (Phi) is 39.7. The van der Waals surface area contributed by atoms with Crippen molar-refractivity contribution in [2.24, 2.45) is 11.8 Å². The van der Waals surface area contributed by atoms with Gasteiger partial charge in [-0.1, -0.05) is 26.7 Å². The first-order valence-corrected chi connectivity index (χ1v) is 25.7. The van der Waals surface area contributed by atoms with Crippen LogP contribution in [0.4, 0.5) is 0 Å². The van der Waals surface area contributed by atoms with Crippen LogP contribution >= 0.6 is 0 Å². The summed E-state index contributed by atoms with van der Waals surface area (Å²) >= 11 is -1.58. The van der Waals surface area contributed by atoms with Crippen molar-refractivity contribution in [2.45, 2.75) is 176 Å². The van der Waals surface area contributed by atoms with Crippen LogP contribution in [0.5, 0.6) is 0 Å². The zero-order valence-electron chi connectivity index (χ0n) is 26.6. The second kappa shape index (κ2) is 34.8. The van der Waals surface area contributed by atoms with Crippen molar-refractivity contribution in [3.05, 3.63) is 0 Å². The van der Waals surface area contributed by atoms with Gasteiger partial charge in [-0.25, -0.2) is 0 Å². The van der Waals surface area contributed by atoms with E-state index in [0.717, 1.165) is 42.3 Å². The third-order valence-electron chi connectivity index (χ3n) is 6.94. The Bertz CT molecular complexity index is 457. The molecular weight excluding hydrogens is 670 g/mol. The van der Waals surface area contributed by atoms with Gasteiger partial charge < -0.3 is 5.11 Å². The number of carbonyl (C=O) groups is 2. The maximum absolute atomic E-state index is 12.7. The van der Waals surface area contributed by atoms with Crippen LogP contribution in [0.25, 0.3) is 0 Å². The summed E-state index contributed by atoms with van der Waals surface area (Å²) in [5.74, 6) is -0.330. The molecule has 2 unspecified atom stereocenters. The van der Waals surface area contributed by atoms with Gasteiger partial charge >= 0.3 is 198 Å². The molecule has 0 rings (SSSR count). The van der Waals surface area contributed by atoms with Gasteiger partial charge in [-0.3, -0.25) is 4.79 Å². The first-order chi connectivity index (χ1) is 17.8. The van der Waals surface area contributed by atoms with E-state index in [0.29, 0.717) is 5.92 Å². The minimum absolute atomic E-state index is 0.111. The summed E-state index contributed by atoms with van der Waals surface area (Å²) in [5.41, 5.74) is 0. The number of carbonyl (C=O) groups excluding carboxylic acids is 1. The fraction of sp³-hybridized carbons (Fsp3) is 0.938. The molecule has 0 aliphatic rings. The first kappa shape index (κ1) is 42.2. The molecule has 37 heavy (non-hydrogen) atoms. The molecule has 0 amide bonds. The summed E-state index contributed by atoms with van der Waals surface area (Å²) in [6.07, 6.45) is 19.4. The van der Waals surface area contributed by atoms with Gasteiger partial charge in [0.2, 0.25) is 0 Å². The zero-order valence-corrected chi connectivity index (χ0v) is 32.3. The molecule has 3 radical (unpaired) electrons. The van der Waals surface area contributed by atoms with E-state index in [2.05, 4.69) is 48.5 Å². The van der Waals surface area contributed by atoms with E-state index >= 15 is 0 Å². The second-order valence-corrected chi connectivity index (χ2v) is 22.5. The molecule has 221 valence electrons. The van der Waals surface area contributed by atoms with Crippen LogP contribution in [0.15, 0.2) is 0 Å². The van der Waals surface area contributed by atoms with Gasteiger partial charge in [-0.05, 0) is 12.8 Å². The molecule has 1 N–H and O–H groups in total. The van der Waals surface area contributed by atoms with E-state index in [1.54, 1.807) is 8.87 Å². The fourth-order valence-electron chi connectivity index (χ4n) is 4.09. The molecule has 0 saturated carbocycles. The molecule has 0 aromatic rings. The van der Waals surface area contributed by atoms with Gasteiger partial charge in [-0.15, -0.1) is 0 Å². The van der Waals surface area contributed by atoms with Crippen LogP contribution in [0.1, 0.15) is 158 Å². The monoisotopic (exact) mass is 739 g/mol. The number of carboxylic acid groups (broad SMARTS) is 1. The van der Waals surface area contributed by atoms with Gasteiger partial charge in [0.25, 0.3) is 0 Å². The van der Waals surface area contributed by atoms with E-state index in [9.17, 15) is 9.59 Å². The van der Waals surface area contributed by atoms with Crippen LogP contribution in [-0.4, -0.2) is 55.8 Å². The summed E-state index contributed by atoms with van der Waals surface area (Å²) in [6, 6.07) is 0. The molecule has 0 aromatic carbocycles. The van der Waals surface area contributed by atoms with Crippen molar-refractivity contribution in [1.82, 2.24) is 0 Å². The molecule has 0 heterocycles. The summed E-state index contributed by atoms with van der Waals surface area (Å²) in [6.45, 7) is 17.5. The topological polar surface area (TPSA) is 54.4 Å². The van der Waals surface area contributed by atoms with E-state index in [1.165, 1.54) is 73.1 Å². The number of hydrogen-bond donors (Lipinski definition) is 1. The Balaban J connectivity index is -0.000000515. The predicted molar refractivity (Wildman–Crippen MR) is 170 cm³/mol. The third kappa shape index (κ3) is 29.5. The van der Waals surface area contributed by atoms with Crippen molar-refractivity contribution in [2.75, 3.05) is 0 Å². The molecule has 0 aromatic heterocycles. The van der Waals surface area contributed by atoms with Crippen LogP contribution in [-0.2, 0) is 9.59 Å². The molecule has 0 bridgehead atoms. The quantitative estimate of drug-likeness (QED) is 0.0839. The number of rotatable bonds is 23. The first-order valence-electron chi connectivity index (χ1n) is 16.2. The van der Waals surface area contributed by atoms with Crippen LogP contribution in [0.3, 0.4) is 0 Å². The van der Waals surface area contributed by atoms with E-state index in [4.69, 9.17) is 5.11 Å². The minimum atomic E-state index is -1.73. The summed E-state index contributed by atoms with van der Waals surface area (Å²) in [4.78, 5) is 23.1. The normalized spacial score (nSPS) is 12.2. The number of unbranched alkanes of at least 4 members (excludes halogenated alkanes) is 6. The van der Waals surface area contributed by atoms with E-state index < -0.39 is 25.7 Å². The Morgan fingerprint density at radius 1 is 0.595 bits per heavy atom. The Morgan fingerprint density at radius 3 is 1.30 bits per heavy atom. The number of aliphatic carboxylic acids is 1. The maximum atomic E-state index is 12.7. The fourth-order valence-corrected chi connectivity index (χ4v) is 17.5. The molecule has 0 aliphatic carbocycles. The van der Waals surface area contributed by atoms with Crippen molar-refractivity contribution >= 4 is 50.7 Å². The third-order valence-corrected chi connectivity index (χ3v) is 19.6. The van der Waals surface area contributed by atoms with Crippen LogP contribution < -0.4 is 0 Å². The van der Waals surface area contributed by atoms with Crippen LogP contribution in [0, 0.1) is 11.8 Å². The van der Waals surface area contributed by atoms with Crippen molar-refractivity contribution in [3.63, 3.8) is 0 Å². The number of carboxylic acids is 1. The number of hydrogen-bond acceptors (Lipinski definition) is 2. The summed E-state index contributed by atoms with van der Waals surface area (Å²) in [5, 5.41) is 8.60. The van der Waals surface area contributed by atoms with E-state index in [1.807, 2.05) is 6.92 Å².